The van der Waals surface area contributed by atoms with Crippen LogP contribution in [0, 0.1) is 13.5 Å². The summed E-state index contributed by atoms with van der Waals surface area (Å²) in [6, 6.07) is 8.17. The average molecular weight is 288 g/mol. The van der Waals surface area contributed by atoms with Crippen LogP contribution in [0.3, 0.4) is 0 Å². The van der Waals surface area contributed by atoms with E-state index in [0.29, 0.717) is 22.4 Å². The van der Waals surface area contributed by atoms with E-state index in [2.05, 4.69) is 9.83 Å². The molecule has 22 heavy (non-hydrogen) atoms. The van der Waals surface area contributed by atoms with E-state index in [1.165, 1.54) is 0 Å². The first kappa shape index (κ1) is 9.01. The quantitative estimate of drug-likeness (QED) is 0.432. The van der Waals surface area contributed by atoms with Gasteiger partial charge in [0.1, 0.15) is 11.2 Å². The van der Waals surface area contributed by atoms with Crippen molar-refractivity contribution in [3.63, 3.8) is 0 Å². The van der Waals surface area contributed by atoms with Crippen LogP contribution in [0.5, 0.6) is 0 Å². The fourth-order valence-electron chi connectivity index (χ4n) is 2.63. The van der Waals surface area contributed by atoms with Gasteiger partial charge in [-0.3, -0.25) is 4.98 Å². The Balaban J connectivity index is 2.14. The zero-order valence-electron chi connectivity index (χ0n) is 15.7. The third-order valence-corrected chi connectivity index (χ3v) is 3.68. The number of furan rings is 1. The molecule has 0 radical (unpaired) electrons. The minimum atomic E-state index is -0.374. The van der Waals surface area contributed by atoms with Crippen molar-refractivity contribution < 1.29 is 9.90 Å². The van der Waals surface area contributed by atoms with Crippen LogP contribution < -0.4 is 0 Å². The average Bonchev–Trinajstić information content (AvgIpc) is 3.01. The minimum absolute atomic E-state index is 0.127. The summed E-state index contributed by atoms with van der Waals surface area (Å²) in [7, 11) is 0. The van der Waals surface area contributed by atoms with E-state index >= 15 is 0 Å². The van der Waals surface area contributed by atoms with Crippen molar-refractivity contribution in [3.8, 4) is 11.3 Å². The second kappa shape index (κ2) is 4.71. The fraction of sp³-hybridized carbons (Fsp3) is 0.0526. The molecular weight excluding hydrogens is 272 g/mol. The van der Waals surface area contributed by atoms with Gasteiger partial charge < -0.3 is 4.42 Å². The van der Waals surface area contributed by atoms with E-state index in [-0.39, 0.29) is 30.0 Å². The van der Waals surface area contributed by atoms with E-state index in [0.717, 1.165) is 16.3 Å². The summed E-state index contributed by atoms with van der Waals surface area (Å²) in [5.41, 5.74) is 2.78. The van der Waals surface area contributed by atoms with Crippen molar-refractivity contribution in [1.82, 2.24) is 4.98 Å². The number of benzene rings is 2. The number of pyridine rings is 1. The Bertz CT molecular complexity index is 1250. The standard InChI is InChI=1S/C19H12N2O/c1-12-9-10-14-13-6-5-7-15(16-8-3-4-11-21-16)18(13)22-19(14)17(12)20-2/h3-11H,1H3/i3D,4D,8D,11D. The summed E-state index contributed by atoms with van der Waals surface area (Å²) >= 11 is 0. The third kappa shape index (κ3) is 1.71. The highest BCUT2D eigenvalue weighted by Crippen LogP contribution is 2.40. The van der Waals surface area contributed by atoms with Crippen LogP contribution in [0.2, 0.25) is 0 Å². The van der Waals surface area contributed by atoms with Crippen molar-refractivity contribution in [2.45, 2.75) is 6.92 Å². The van der Waals surface area contributed by atoms with E-state index < -0.39 is 0 Å². The highest BCUT2D eigenvalue weighted by Gasteiger charge is 2.16. The highest BCUT2D eigenvalue weighted by molar-refractivity contribution is 6.12. The van der Waals surface area contributed by atoms with Gasteiger partial charge in [-0.15, -0.1) is 0 Å². The number of nitrogens with zero attached hydrogens (tertiary/aromatic N) is 2. The van der Waals surface area contributed by atoms with Crippen molar-refractivity contribution >= 4 is 27.6 Å². The topological polar surface area (TPSA) is 30.4 Å². The zero-order chi connectivity index (χ0) is 18.6. The SMILES string of the molecule is [2H]c1nc(-c2cccc3c2oc2c([N+]#[C-])c(C)ccc23)c([2H])c([2H])c1[2H]. The van der Waals surface area contributed by atoms with Crippen LogP contribution in [-0.4, -0.2) is 4.98 Å². The first-order valence-electron chi connectivity index (χ1n) is 8.71. The largest absolute Gasteiger partial charge is 0.466 e. The van der Waals surface area contributed by atoms with Gasteiger partial charge in [0.05, 0.1) is 17.7 Å². The predicted molar refractivity (Wildman–Crippen MR) is 88.0 cm³/mol. The van der Waals surface area contributed by atoms with Crippen LogP contribution >= 0.6 is 0 Å². The number of hydrogen-bond acceptors (Lipinski definition) is 2. The van der Waals surface area contributed by atoms with Crippen LogP contribution in [-0.2, 0) is 0 Å². The van der Waals surface area contributed by atoms with Gasteiger partial charge >= 0.3 is 0 Å². The molecule has 4 aromatic rings. The molecule has 0 aliphatic carbocycles. The van der Waals surface area contributed by atoms with Crippen molar-refractivity contribution in [2.75, 3.05) is 0 Å². The Labute approximate surface area is 133 Å². The molecule has 0 saturated carbocycles. The summed E-state index contributed by atoms with van der Waals surface area (Å²) in [6.45, 7) is 9.27. The molecular formula is C19H12N2O. The third-order valence-electron chi connectivity index (χ3n) is 3.68. The van der Waals surface area contributed by atoms with Gasteiger partial charge in [-0.2, -0.15) is 0 Å². The normalized spacial score (nSPS) is 13.5. The summed E-state index contributed by atoms with van der Waals surface area (Å²) in [5, 5.41) is 1.57. The first-order valence-corrected chi connectivity index (χ1v) is 6.71. The molecule has 3 heteroatoms. The van der Waals surface area contributed by atoms with Gasteiger partial charge in [-0.05, 0) is 30.6 Å². The molecule has 0 bridgehead atoms. The molecule has 0 spiro atoms. The van der Waals surface area contributed by atoms with Crippen molar-refractivity contribution in [3.05, 3.63) is 71.6 Å². The Morgan fingerprint density at radius 1 is 1.14 bits per heavy atom. The predicted octanol–water partition coefficient (Wildman–Crippen LogP) is 5.51. The molecule has 0 fully saturated rings. The molecule has 0 unspecified atom stereocenters. The molecule has 2 aromatic heterocycles. The van der Waals surface area contributed by atoms with Crippen LogP contribution in [0.25, 0.3) is 38.0 Å². The summed E-state index contributed by atoms with van der Waals surface area (Å²) in [6.07, 6.45) is -0.355. The Hall–Kier alpha value is -3.12. The Morgan fingerprint density at radius 3 is 2.86 bits per heavy atom. The summed E-state index contributed by atoms with van der Waals surface area (Å²) < 4.78 is 37.5. The Morgan fingerprint density at radius 2 is 2.00 bits per heavy atom. The maximum atomic E-state index is 8.15. The van der Waals surface area contributed by atoms with E-state index in [9.17, 15) is 0 Å². The highest BCUT2D eigenvalue weighted by atomic mass is 16.3. The van der Waals surface area contributed by atoms with Crippen molar-refractivity contribution in [2.24, 2.45) is 0 Å². The summed E-state index contributed by atoms with van der Waals surface area (Å²) in [4.78, 5) is 7.61. The number of para-hydroxylation sites is 1. The fourth-order valence-corrected chi connectivity index (χ4v) is 2.63. The molecule has 0 saturated heterocycles. The van der Waals surface area contributed by atoms with Crippen LogP contribution in [0.15, 0.2) is 59.0 Å². The van der Waals surface area contributed by atoms with Crippen LogP contribution in [0.4, 0.5) is 5.69 Å². The van der Waals surface area contributed by atoms with Gasteiger partial charge in [0.15, 0.2) is 0 Å². The van der Waals surface area contributed by atoms with Gasteiger partial charge in [0.25, 0.3) is 0 Å². The van der Waals surface area contributed by atoms with Gasteiger partial charge in [0, 0.05) is 22.5 Å². The first-order chi connectivity index (χ1) is 12.4. The molecule has 0 atom stereocenters. The van der Waals surface area contributed by atoms with Gasteiger partial charge in [-0.25, -0.2) is 4.85 Å². The molecule has 3 nitrogen and oxygen atoms in total. The smallest absolute Gasteiger partial charge is 0.232 e. The molecule has 2 aromatic carbocycles. The maximum Gasteiger partial charge on any atom is 0.232 e. The van der Waals surface area contributed by atoms with E-state index in [4.69, 9.17) is 16.5 Å². The molecule has 2 heterocycles. The molecule has 0 aliphatic rings. The lowest BCUT2D eigenvalue weighted by atomic mass is 10.0. The van der Waals surface area contributed by atoms with Gasteiger partial charge in [-0.1, -0.05) is 30.3 Å². The number of aryl methyl sites for hydroxylation is 1. The number of rotatable bonds is 1. The van der Waals surface area contributed by atoms with E-state index in [1.807, 2.05) is 25.1 Å². The second-order valence-corrected chi connectivity index (χ2v) is 4.95. The van der Waals surface area contributed by atoms with Crippen molar-refractivity contribution in [1.29, 1.82) is 0 Å². The zero-order valence-corrected chi connectivity index (χ0v) is 11.7. The lowest BCUT2D eigenvalue weighted by Crippen LogP contribution is -1.81. The van der Waals surface area contributed by atoms with Gasteiger partial charge in [0.2, 0.25) is 5.69 Å². The molecule has 0 amide bonds. The summed E-state index contributed by atoms with van der Waals surface area (Å²) in [5.74, 6) is 0. The number of fused-ring (bicyclic) bond motifs is 3. The maximum absolute atomic E-state index is 8.15. The lowest BCUT2D eigenvalue weighted by Gasteiger charge is -2.00. The second-order valence-electron chi connectivity index (χ2n) is 4.95. The monoisotopic (exact) mass is 288 g/mol. The molecule has 104 valence electrons. The molecule has 4 rings (SSSR count). The molecule has 0 aliphatic heterocycles. The molecule has 0 N–H and O–H groups in total. The number of hydrogen-bond donors (Lipinski definition) is 0. The lowest BCUT2D eigenvalue weighted by molar-refractivity contribution is 0.671. The number of aromatic nitrogens is 1. The minimum Gasteiger partial charge on any atom is -0.466 e. The van der Waals surface area contributed by atoms with Crippen LogP contribution in [0.1, 0.15) is 11.0 Å². The Kier molecular flexibility index (Phi) is 1.93. The van der Waals surface area contributed by atoms with E-state index in [1.54, 1.807) is 12.1 Å².